The second-order valence-electron chi connectivity index (χ2n) is 5.52. The Morgan fingerprint density at radius 1 is 1.27 bits per heavy atom. The van der Waals surface area contributed by atoms with Gasteiger partial charge in [-0.05, 0) is 44.0 Å². The highest BCUT2D eigenvalue weighted by molar-refractivity contribution is 6.00. The zero-order valence-corrected chi connectivity index (χ0v) is 12.6. The minimum atomic E-state index is -0.829. The van der Waals surface area contributed by atoms with Crippen molar-refractivity contribution in [2.45, 2.75) is 32.4 Å². The Morgan fingerprint density at radius 3 is 2.77 bits per heavy atom. The molecule has 1 aliphatic heterocycles. The van der Waals surface area contributed by atoms with Gasteiger partial charge in [0.2, 0.25) is 0 Å². The molecule has 2 aromatic rings. The minimum Gasteiger partial charge on any atom is -0.448 e. The van der Waals surface area contributed by atoms with Crippen LogP contribution in [0.2, 0.25) is 0 Å². The number of fused-ring (bicyclic) bond motifs is 1. The summed E-state index contributed by atoms with van der Waals surface area (Å²) in [6.07, 6.45) is 1.63. The SMILES string of the molecule is C[C@@H]1Cc2ccccc2N1C(=O)[C@@H](C)OC(=O)c1ccc[nH]1. The number of carbonyl (C=O) groups is 2. The first-order valence-corrected chi connectivity index (χ1v) is 7.33. The van der Waals surface area contributed by atoms with E-state index in [0.29, 0.717) is 5.69 Å². The number of hydrogen-bond acceptors (Lipinski definition) is 3. The molecule has 0 aliphatic carbocycles. The van der Waals surface area contributed by atoms with E-state index in [1.807, 2.05) is 31.2 Å². The summed E-state index contributed by atoms with van der Waals surface area (Å²) >= 11 is 0. The van der Waals surface area contributed by atoms with Crippen molar-refractivity contribution in [3.05, 3.63) is 53.9 Å². The lowest BCUT2D eigenvalue weighted by atomic mass is 10.1. The van der Waals surface area contributed by atoms with Crippen molar-refractivity contribution in [3.8, 4) is 0 Å². The molecule has 22 heavy (non-hydrogen) atoms. The fourth-order valence-electron chi connectivity index (χ4n) is 2.83. The molecule has 2 atom stereocenters. The Kier molecular flexibility index (Phi) is 3.71. The Morgan fingerprint density at radius 2 is 2.05 bits per heavy atom. The molecule has 0 fully saturated rings. The summed E-state index contributed by atoms with van der Waals surface area (Å²) in [6.45, 7) is 3.61. The summed E-state index contributed by atoms with van der Waals surface area (Å²) in [4.78, 5) is 29.1. The Bertz CT molecular complexity index is 694. The number of anilines is 1. The van der Waals surface area contributed by atoms with Crippen LogP contribution >= 0.6 is 0 Å². The first kappa shape index (κ1) is 14.4. The van der Waals surface area contributed by atoms with E-state index in [1.165, 1.54) is 0 Å². The summed E-state index contributed by atoms with van der Waals surface area (Å²) in [5, 5.41) is 0. The maximum Gasteiger partial charge on any atom is 0.355 e. The number of aromatic nitrogens is 1. The molecule has 2 heterocycles. The maximum atomic E-state index is 12.7. The molecule has 0 radical (unpaired) electrons. The molecule has 0 spiro atoms. The number of nitrogens with one attached hydrogen (secondary N) is 1. The van der Waals surface area contributed by atoms with Crippen molar-refractivity contribution in [1.29, 1.82) is 0 Å². The Labute approximate surface area is 128 Å². The number of para-hydroxylation sites is 1. The maximum absolute atomic E-state index is 12.7. The van der Waals surface area contributed by atoms with E-state index in [0.717, 1.165) is 17.7 Å². The number of carbonyl (C=O) groups excluding carboxylic acids is 2. The summed E-state index contributed by atoms with van der Waals surface area (Å²) in [7, 11) is 0. The van der Waals surface area contributed by atoms with Crippen molar-refractivity contribution >= 4 is 17.6 Å². The molecule has 0 unspecified atom stereocenters. The van der Waals surface area contributed by atoms with Gasteiger partial charge < -0.3 is 14.6 Å². The van der Waals surface area contributed by atoms with Crippen molar-refractivity contribution in [2.75, 3.05) is 4.90 Å². The summed E-state index contributed by atoms with van der Waals surface area (Å²) in [6, 6.07) is 11.2. The average Bonchev–Trinajstić information content (AvgIpc) is 3.13. The van der Waals surface area contributed by atoms with E-state index in [-0.39, 0.29) is 11.9 Å². The van der Waals surface area contributed by atoms with Crippen molar-refractivity contribution in [2.24, 2.45) is 0 Å². The molecule has 3 rings (SSSR count). The summed E-state index contributed by atoms with van der Waals surface area (Å²) in [5.41, 5.74) is 2.39. The van der Waals surface area contributed by atoms with E-state index in [9.17, 15) is 9.59 Å². The predicted octanol–water partition coefficient (Wildman–Crippen LogP) is 2.54. The predicted molar refractivity (Wildman–Crippen MR) is 82.8 cm³/mol. The standard InChI is InChI=1S/C17H18N2O3/c1-11-10-13-6-3-4-8-15(13)19(11)16(20)12(2)22-17(21)14-7-5-9-18-14/h3-9,11-12,18H,10H2,1-2H3/t11-,12-/m1/s1. The van der Waals surface area contributed by atoms with Crippen LogP contribution in [0.1, 0.15) is 29.9 Å². The van der Waals surface area contributed by atoms with Gasteiger partial charge in [-0.2, -0.15) is 0 Å². The Balaban J connectivity index is 1.75. The fraction of sp³-hybridized carbons (Fsp3) is 0.294. The molecular weight excluding hydrogens is 280 g/mol. The normalized spacial score (nSPS) is 17.9. The van der Waals surface area contributed by atoms with Gasteiger partial charge >= 0.3 is 5.97 Å². The lowest BCUT2D eigenvalue weighted by Gasteiger charge is -2.25. The lowest BCUT2D eigenvalue weighted by molar-refractivity contribution is -0.126. The Hall–Kier alpha value is -2.56. The smallest absolute Gasteiger partial charge is 0.355 e. The first-order valence-electron chi connectivity index (χ1n) is 7.33. The second kappa shape index (κ2) is 5.67. The molecule has 1 N–H and O–H groups in total. The van der Waals surface area contributed by atoms with E-state index in [4.69, 9.17) is 4.74 Å². The number of amides is 1. The van der Waals surface area contributed by atoms with Crippen molar-refractivity contribution < 1.29 is 14.3 Å². The largest absolute Gasteiger partial charge is 0.448 e. The zero-order valence-electron chi connectivity index (χ0n) is 12.6. The molecule has 0 saturated heterocycles. The quantitative estimate of drug-likeness (QED) is 0.886. The van der Waals surface area contributed by atoms with Crippen molar-refractivity contribution in [3.63, 3.8) is 0 Å². The molecule has 1 aromatic carbocycles. The number of nitrogens with zero attached hydrogens (tertiary/aromatic N) is 1. The fourth-order valence-corrected chi connectivity index (χ4v) is 2.83. The highest BCUT2D eigenvalue weighted by Gasteiger charge is 2.34. The molecular formula is C17H18N2O3. The van der Waals surface area contributed by atoms with E-state index in [2.05, 4.69) is 4.98 Å². The van der Waals surface area contributed by atoms with Crippen LogP contribution in [-0.4, -0.2) is 29.0 Å². The van der Waals surface area contributed by atoms with Crippen LogP contribution in [0, 0.1) is 0 Å². The van der Waals surface area contributed by atoms with Gasteiger partial charge in [0, 0.05) is 17.9 Å². The zero-order chi connectivity index (χ0) is 15.7. The second-order valence-corrected chi connectivity index (χ2v) is 5.52. The van der Waals surface area contributed by atoms with Crippen molar-refractivity contribution in [1.82, 2.24) is 4.98 Å². The monoisotopic (exact) mass is 298 g/mol. The third-order valence-electron chi connectivity index (χ3n) is 3.89. The molecule has 0 bridgehead atoms. The van der Waals surface area contributed by atoms with Gasteiger partial charge in [-0.3, -0.25) is 4.79 Å². The number of hydrogen-bond donors (Lipinski definition) is 1. The number of benzene rings is 1. The van der Waals surface area contributed by atoms with Gasteiger partial charge in [0.15, 0.2) is 6.10 Å². The van der Waals surface area contributed by atoms with Gasteiger partial charge in [0.1, 0.15) is 5.69 Å². The molecule has 5 nitrogen and oxygen atoms in total. The third kappa shape index (κ3) is 2.50. The van der Waals surface area contributed by atoms with Crippen LogP contribution in [0.5, 0.6) is 0 Å². The van der Waals surface area contributed by atoms with Gasteiger partial charge in [-0.25, -0.2) is 4.79 Å². The van der Waals surface area contributed by atoms with Crippen LogP contribution in [0.4, 0.5) is 5.69 Å². The number of esters is 1. The van der Waals surface area contributed by atoms with Crippen LogP contribution < -0.4 is 4.90 Å². The molecule has 0 saturated carbocycles. The van der Waals surface area contributed by atoms with E-state index in [1.54, 1.807) is 30.2 Å². The topological polar surface area (TPSA) is 62.4 Å². The van der Waals surface area contributed by atoms with Crippen LogP contribution in [-0.2, 0) is 16.0 Å². The number of ether oxygens (including phenoxy) is 1. The number of rotatable bonds is 3. The van der Waals surface area contributed by atoms with E-state index >= 15 is 0 Å². The molecule has 5 heteroatoms. The summed E-state index contributed by atoms with van der Waals surface area (Å²) < 4.78 is 5.27. The molecule has 1 amide bonds. The minimum absolute atomic E-state index is 0.0662. The van der Waals surface area contributed by atoms with Gasteiger partial charge in [-0.1, -0.05) is 18.2 Å². The van der Waals surface area contributed by atoms with Gasteiger partial charge in [0.25, 0.3) is 5.91 Å². The molecule has 114 valence electrons. The molecule has 1 aromatic heterocycles. The average molecular weight is 298 g/mol. The lowest BCUT2D eigenvalue weighted by Crippen LogP contribution is -2.43. The van der Waals surface area contributed by atoms with Crippen LogP contribution in [0.3, 0.4) is 0 Å². The third-order valence-corrected chi connectivity index (χ3v) is 3.89. The first-order chi connectivity index (χ1) is 10.6. The van der Waals surface area contributed by atoms with Gasteiger partial charge in [-0.15, -0.1) is 0 Å². The van der Waals surface area contributed by atoms with Crippen LogP contribution in [0.15, 0.2) is 42.6 Å². The van der Waals surface area contributed by atoms with Gasteiger partial charge in [0.05, 0.1) is 0 Å². The van der Waals surface area contributed by atoms with E-state index < -0.39 is 12.1 Å². The number of H-pyrrole nitrogens is 1. The highest BCUT2D eigenvalue weighted by Crippen LogP contribution is 2.32. The highest BCUT2D eigenvalue weighted by atomic mass is 16.5. The van der Waals surface area contributed by atoms with Crippen LogP contribution in [0.25, 0.3) is 0 Å². The molecule has 1 aliphatic rings. The summed E-state index contributed by atoms with van der Waals surface area (Å²) in [5.74, 6) is -0.719. The number of aromatic amines is 1.